The second-order valence-electron chi connectivity index (χ2n) is 8.86. The quantitative estimate of drug-likeness (QED) is 0.528. The minimum atomic E-state index is -0.481. The molecule has 1 saturated heterocycles. The smallest absolute Gasteiger partial charge is 0.269 e. The predicted octanol–water partition coefficient (Wildman–Crippen LogP) is 2.41. The maximum atomic E-state index is 12.6. The monoisotopic (exact) mass is 484 g/mol. The van der Waals surface area contributed by atoms with Gasteiger partial charge in [-0.1, -0.05) is 38.1 Å². The van der Waals surface area contributed by atoms with E-state index in [1.54, 1.807) is 0 Å². The van der Waals surface area contributed by atoms with Crippen LogP contribution >= 0.6 is 0 Å². The number of piperazine rings is 1. The Morgan fingerprint density at radius 2 is 1.43 bits per heavy atom. The molecule has 1 aliphatic rings. The summed E-state index contributed by atoms with van der Waals surface area (Å²) in [5, 5.41) is 0. The molecule has 1 aliphatic heterocycles. The molecule has 2 N–H and O–H groups in total. The van der Waals surface area contributed by atoms with Crippen molar-refractivity contribution in [3.05, 3.63) is 53.1 Å². The zero-order valence-electron chi connectivity index (χ0n) is 21.2. The van der Waals surface area contributed by atoms with Crippen molar-refractivity contribution in [2.75, 3.05) is 54.1 Å². The molecule has 3 rings (SSSR count). The third-order valence-corrected chi connectivity index (χ3v) is 6.13. The largest absolute Gasteiger partial charge is 0.493 e. The number of hydrogen-bond donors (Lipinski definition) is 2. The van der Waals surface area contributed by atoms with Crippen LogP contribution in [-0.4, -0.2) is 75.7 Å². The molecule has 0 atom stereocenters. The van der Waals surface area contributed by atoms with E-state index in [1.165, 1.54) is 44.6 Å². The highest BCUT2D eigenvalue weighted by Gasteiger charge is 2.20. The van der Waals surface area contributed by atoms with E-state index in [-0.39, 0.29) is 18.0 Å². The fraction of sp³-hybridized carbons (Fsp3) is 0.462. The molecule has 35 heavy (non-hydrogen) atoms. The van der Waals surface area contributed by atoms with Crippen molar-refractivity contribution >= 4 is 11.8 Å². The summed E-state index contributed by atoms with van der Waals surface area (Å²) < 4.78 is 15.8. The van der Waals surface area contributed by atoms with Gasteiger partial charge in [-0.25, -0.2) is 0 Å². The Balaban J connectivity index is 1.44. The Morgan fingerprint density at radius 3 is 1.94 bits per heavy atom. The van der Waals surface area contributed by atoms with Crippen LogP contribution in [0.15, 0.2) is 36.4 Å². The lowest BCUT2D eigenvalue weighted by atomic mass is 10.0. The summed E-state index contributed by atoms with van der Waals surface area (Å²) >= 11 is 0. The topological polar surface area (TPSA) is 92.4 Å². The Hall–Kier alpha value is -3.30. The van der Waals surface area contributed by atoms with Crippen molar-refractivity contribution in [2.24, 2.45) is 0 Å². The van der Waals surface area contributed by atoms with Crippen molar-refractivity contribution in [2.45, 2.75) is 26.3 Å². The minimum Gasteiger partial charge on any atom is -0.493 e. The first-order valence-corrected chi connectivity index (χ1v) is 11.8. The number of nitrogens with one attached hydrogen (secondary N) is 2. The fourth-order valence-electron chi connectivity index (χ4n) is 4.03. The Bertz CT molecular complexity index is 976. The number of nitrogens with zero attached hydrogens (tertiary/aromatic N) is 2. The zero-order chi connectivity index (χ0) is 25.4. The van der Waals surface area contributed by atoms with Gasteiger partial charge in [0.05, 0.1) is 27.9 Å². The van der Waals surface area contributed by atoms with E-state index in [9.17, 15) is 9.59 Å². The van der Waals surface area contributed by atoms with Crippen LogP contribution in [0.4, 0.5) is 0 Å². The van der Waals surface area contributed by atoms with Crippen molar-refractivity contribution in [3.8, 4) is 17.2 Å². The molecule has 2 amide bonds. The van der Waals surface area contributed by atoms with Gasteiger partial charge in [-0.15, -0.1) is 0 Å². The third kappa shape index (κ3) is 7.10. The highest BCUT2D eigenvalue weighted by molar-refractivity contribution is 5.96. The first kappa shape index (κ1) is 26.3. The molecule has 1 fully saturated rings. The predicted molar refractivity (Wildman–Crippen MR) is 134 cm³/mol. The molecule has 0 spiro atoms. The number of hydrogen-bond acceptors (Lipinski definition) is 7. The lowest BCUT2D eigenvalue weighted by Crippen LogP contribution is -2.51. The van der Waals surface area contributed by atoms with Gasteiger partial charge in [0.25, 0.3) is 11.8 Å². The summed E-state index contributed by atoms with van der Waals surface area (Å²) in [5.41, 5.74) is 7.87. The van der Waals surface area contributed by atoms with Gasteiger partial charge in [0.2, 0.25) is 5.75 Å². The van der Waals surface area contributed by atoms with E-state index < -0.39 is 5.91 Å². The molecular formula is C26H36N4O5. The molecule has 9 heteroatoms. The van der Waals surface area contributed by atoms with Gasteiger partial charge in [0, 0.05) is 38.3 Å². The van der Waals surface area contributed by atoms with Crippen LogP contribution in [0.5, 0.6) is 17.2 Å². The van der Waals surface area contributed by atoms with Gasteiger partial charge in [0.15, 0.2) is 11.5 Å². The van der Waals surface area contributed by atoms with Gasteiger partial charge >= 0.3 is 0 Å². The van der Waals surface area contributed by atoms with E-state index in [2.05, 4.69) is 58.8 Å². The first-order valence-electron chi connectivity index (χ1n) is 11.8. The fourth-order valence-corrected chi connectivity index (χ4v) is 4.03. The second-order valence-corrected chi connectivity index (χ2v) is 8.86. The standard InChI is InChI=1S/C26H36N4O5/c1-18(2)20-8-6-19(7-9-20)16-29-10-12-30(13-11-29)17-24(31)27-28-26(32)21-14-22(33-3)25(35-5)23(15-21)34-4/h6-9,14-15,18H,10-13,16-17H2,1-5H3,(H,27,31)(H,28,32). The average Bonchev–Trinajstić information content (AvgIpc) is 2.87. The first-order chi connectivity index (χ1) is 16.8. The summed E-state index contributed by atoms with van der Waals surface area (Å²) in [6.45, 7) is 8.87. The summed E-state index contributed by atoms with van der Waals surface area (Å²) in [4.78, 5) is 29.4. The minimum absolute atomic E-state index is 0.215. The van der Waals surface area contributed by atoms with Crippen LogP contribution in [-0.2, 0) is 11.3 Å². The summed E-state index contributed by atoms with van der Waals surface area (Å²) in [5.74, 6) is 0.885. The highest BCUT2D eigenvalue weighted by Crippen LogP contribution is 2.38. The van der Waals surface area contributed by atoms with Crippen molar-refractivity contribution in [1.82, 2.24) is 20.7 Å². The van der Waals surface area contributed by atoms with E-state index in [0.717, 1.165) is 32.7 Å². The van der Waals surface area contributed by atoms with Gasteiger partial charge < -0.3 is 14.2 Å². The second kappa shape index (κ2) is 12.4. The lowest BCUT2D eigenvalue weighted by molar-refractivity contribution is -0.123. The summed E-state index contributed by atoms with van der Waals surface area (Å²) in [6.07, 6.45) is 0. The van der Waals surface area contributed by atoms with E-state index in [0.29, 0.717) is 23.2 Å². The third-order valence-electron chi connectivity index (χ3n) is 6.13. The molecule has 190 valence electrons. The zero-order valence-corrected chi connectivity index (χ0v) is 21.2. The van der Waals surface area contributed by atoms with Gasteiger partial charge in [-0.3, -0.25) is 30.2 Å². The van der Waals surface area contributed by atoms with Crippen LogP contribution in [0, 0.1) is 0 Å². The summed E-state index contributed by atoms with van der Waals surface area (Å²) in [6, 6.07) is 11.9. The number of methoxy groups -OCH3 is 3. The van der Waals surface area contributed by atoms with Crippen molar-refractivity contribution in [1.29, 1.82) is 0 Å². The number of benzene rings is 2. The molecule has 2 aromatic rings. The Kier molecular flexibility index (Phi) is 9.33. The van der Waals surface area contributed by atoms with Crippen molar-refractivity contribution in [3.63, 3.8) is 0 Å². The van der Waals surface area contributed by atoms with Gasteiger partial charge in [-0.2, -0.15) is 0 Å². The van der Waals surface area contributed by atoms with Crippen LogP contribution in [0.2, 0.25) is 0 Å². The number of amides is 2. The maximum absolute atomic E-state index is 12.6. The number of carbonyl (C=O) groups excluding carboxylic acids is 2. The number of carbonyl (C=O) groups is 2. The van der Waals surface area contributed by atoms with Crippen LogP contribution in [0.25, 0.3) is 0 Å². The van der Waals surface area contributed by atoms with E-state index >= 15 is 0 Å². The molecule has 1 heterocycles. The number of ether oxygens (including phenoxy) is 3. The Morgan fingerprint density at radius 1 is 0.857 bits per heavy atom. The Labute approximate surface area is 207 Å². The SMILES string of the molecule is COc1cc(C(=O)NNC(=O)CN2CCN(Cc3ccc(C(C)C)cc3)CC2)cc(OC)c1OC. The number of rotatable bonds is 9. The molecule has 0 aliphatic carbocycles. The van der Waals surface area contributed by atoms with Crippen LogP contribution in [0.3, 0.4) is 0 Å². The molecule has 0 aromatic heterocycles. The lowest BCUT2D eigenvalue weighted by Gasteiger charge is -2.34. The number of hydrazine groups is 1. The molecule has 0 bridgehead atoms. The molecule has 0 radical (unpaired) electrons. The molecule has 0 unspecified atom stereocenters. The molecule has 2 aromatic carbocycles. The summed E-state index contributed by atoms with van der Waals surface area (Å²) in [7, 11) is 4.44. The molecule has 9 nitrogen and oxygen atoms in total. The maximum Gasteiger partial charge on any atom is 0.269 e. The highest BCUT2D eigenvalue weighted by atomic mass is 16.5. The van der Waals surface area contributed by atoms with Gasteiger partial charge in [-0.05, 0) is 29.2 Å². The normalized spacial score (nSPS) is 14.5. The van der Waals surface area contributed by atoms with Crippen LogP contribution in [0.1, 0.15) is 41.3 Å². The van der Waals surface area contributed by atoms with Crippen LogP contribution < -0.4 is 25.1 Å². The average molecular weight is 485 g/mol. The molecule has 0 saturated carbocycles. The van der Waals surface area contributed by atoms with E-state index in [4.69, 9.17) is 14.2 Å². The van der Waals surface area contributed by atoms with Gasteiger partial charge in [0.1, 0.15) is 0 Å². The van der Waals surface area contributed by atoms with E-state index in [1.807, 2.05) is 0 Å². The van der Waals surface area contributed by atoms with Crippen molar-refractivity contribution < 1.29 is 23.8 Å². The molecular weight excluding hydrogens is 448 g/mol.